The van der Waals surface area contributed by atoms with Crippen molar-refractivity contribution in [2.45, 2.75) is 20.3 Å². The average Bonchev–Trinajstić information content (AvgIpc) is 2.51. The fourth-order valence-corrected chi connectivity index (χ4v) is 2.05. The van der Waals surface area contributed by atoms with Crippen LogP contribution in [0.5, 0.6) is 11.5 Å². The molecule has 2 aromatic rings. The van der Waals surface area contributed by atoms with Crippen molar-refractivity contribution < 1.29 is 9.47 Å². The Labute approximate surface area is 125 Å². The van der Waals surface area contributed by atoms with E-state index >= 15 is 0 Å². The zero-order valence-corrected chi connectivity index (χ0v) is 12.9. The van der Waals surface area contributed by atoms with Crippen LogP contribution in [0.1, 0.15) is 19.2 Å². The van der Waals surface area contributed by atoms with Gasteiger partial charge >= 0.3 is 0 Å². The normalized spacial score (nSPS) is 10.3. The summed E-state index contributed by atoms with van der Waals surface area (Å²) < 4.78 is 10.6. The molecule has 0 aliphatic rings. The van der Waals surface area contributed by atoms with E-state index in [1.807, 2.05) is 31.2 Å². The summed E-state index contributed by atoms with van der Waals surface area (Å²) in [5.41, 5.74) is 1.83. The fraction of sp³-hybridized carbons (Fsp3) is 0.375. The highest BCUT2D eigenvalue weighted by Gasteiger charge is 2.09. The third-order valence-corrected chi connectivity index (χ3v) is 3.07. The largest absolute Gasteiger partial charge is 0.493 e. The van der Waals surface area contributed by atoms with Gasteiger partial charge in [-0.05, 0) is 31.5 Å². The quantitative estimate of drug-likeness (QED) is 0.883. The Morgan fingerprint density at radius 2 is 1.81 bits per heavy atom. The van der Waals surface area contributed by atoms with Crippen LogP contribution in [-0.2, 0) is 0 Å². The van der Waals surface area contributed by atoms with Crippen molar-refractivity contribution in [3.05, 3.63) is 30.1 Å². The number of anilines is 1. The molecule has 0 aliphatic carbocycles. The van der Waals surface area contributed by atoms with E-state index in [0.29, 0.717) is 11.5 Å². The molecular formula is C16H21N3O2. The first-order valence-electron chi connectivity index (χ1n) is 7.00. The Kier molecular flexibility index (Phi) is 4.98. The lowest BCUT2D eigenvalue weighted by molar-refractivity contribution is 0.355. The van der Waals surface area contributed by atoms with E-state index in [2.05, 4.69) is 22.2 Å². The zero-order valence-electron chi connectivity index (χ0n) is 12.9. The summed E-state index contributed by atoms with van der Waals surface area (Å²) in [5, 5.41) is 3.29. The Bertz CT molecular complexity index is 614. The summed E-state index contributed by atoms with van der Waals surface area (Å²) in [5.74, 6) is 2.97. The molecule has 1 aromatic carbocycles. The van der Waals surface area contributed by atoms with Crippen LogP contribution in [0.25, 0.3) is 11.3 Å². The highest BCUT2D eigenvalue weighted by molar-refractivity contribution is 5.66. The Balaban J connectivity index is 2.39. The number of rotatable bonds is 6. The summed E-state index contributed by atoms with van der Waals surface area (Å²) in [7, 11) is 3.25. The second-order valence-electron chi connectivity index (χ2n) is 4.68. The molecule has 0 fully saturated rings. The van der Waals surface area contributed by atoms with Crippen molar-refractivity contribution in [1.82, 2.24) is 9.97 Å². The number of hydrogen-bond donors (Lipinski definition) is 1. The molecule has 5 nitrogen and oxygen atoms in total. The number of nitrogens with one attached hydrogen (secondary N) is 1. The van der Waals surface area contributed by atoms with E-state index in [9.17, 15) is 0 Å². The first-order chi connectivity index (χ1) is 10.2. The zero-order chi connectivity index (χ0) is 15.2. The van der Waals surface area contributed by atoms with Crippen LogP contribution in [0.3, 0.4) is 0 Å². The Hall–Kier alpha value is -2.30. The maximum atomic E-state index is 5.34. The number of ether oxygens (including phenoxy) is 2. The number of hydrogen-bond acceptors (Lipinski definition) is 5. The first kappa shape index (κ1) is 15.1. The monoisotopic (exact) mass is 287 g/mol. The van der Waals surface area contributed by atoms with Crippen molar-refractivity contribution in [2.75, 3.05) is 26.1 Å². The topological polar surface area (TPSA) is 56.3 Å². The molecule has 0 bridgehead atoms. The van der Waals surface area contributed by atoms with Crippen molar-refractivity contribution in [1.29, 1.82) is 0 Å². The predicted molar refractivity (Wildman–Crippen MR) is 84.1 cm³/mol. The number of aromatic nitrogens is 2. The maximum absolute atomic E-state index is 5.34. The van der Waals surface area contributed by atoms with Crippen LogP contribution in [0.2, 0.25) is 0 Å². The van der Waals surface area contributed by atoms with Gasteiger partial charge in [0.25, 0.3) is 0 Å². The van der Waals surface area contributed by atoms with Crippen LogP contribution in [-0.4, -0.2) is 30.7 Å². The van der Waals surface area contributed by atoms with E-state index in [4.69, 9.17) is 9.47 Å². The first-order valence-corrected chi connectivity index (χ1v) is 7.00. The minimum absolute atomic E-state index is 0.689. The van der Waals surface area contributed by atoms with Crippen LogP contribution in [0.15, 0.2) is 24.3 Å². The van der Waals surface area contributed by atoms with Gasteiger partial charge in [0.1, 0.15) is 11.6 Å². The van der Waals surface area contributed by atoms with E-state index in [1.54, 1.807) is 14.2 Å². The van der Waals surface area contributed by atoms with E-state index < -0.39 is 0 Å². The molecule has 1 N–H and O–H groups in total. The number of nitrogens with zero attached hydrogens (tertiary/aromatic N) is 2. The third-order valence-electron chi connectivity index (χ3n) is 3.07. The predicted octanol–water partition coefficient (Wildman–Crippen LogP) is 3.29. The molecule has 1 aromatic heterocycles. The molecule has 0 saturated carbocycles. The highest BCUT2D eigenvalue weighted by Crippen LogP contribution is 2.32. The van der Waals surface area contributed by atoms with Crippen LogP contribution in [0.4, 0.5) is 5.82 Å². The van der Waals surface area contributed by atoms with Crippen molar-refractivity contribution in [2.24, 2.45) is 0 Å². The molecule has 0 saturated heterocycles. The molecular weight excluding hydrogens is 266 g/mol. The van der Waals surface area contributed by atoms with E-state index in [0.717, 1.165) is 35.9 Å². The molecule has 5 heteroatoms. The lowest BCUT2D eigenvalue weighted by Gasteiger charge is -2.11. The summed E-state index contributed by atoms with van der Waals surface area (Å²) in [6.45, 7) is 4.90. The molecule has 0 aliphatic heterocycles. The summed E-state index contributed by atoms with van der Waals surface area (Å²) >= 11 is 0. The van der Waals surface area contributed by atoms with Crippen LogP contribution >= 0.6 is 0 Å². The second kappa shape index (κ2) is 6.92. The fourth-order valence-electron chi connectivity index (χ4n) is 2.05. The highest BCUT2D eigenvalue weighted by atomic mass is 16.5. The van der Waals surface area contributed by atoms with Gasteiger partial charge in [-0.15, -0.1) is 0 Å². The number of benzene rings is 1. The lowest BCUT2D eigenvalue weighted by Crippen LogP contribution is -2.04. The number of methoxy groups -OCH3 is 2. The minimum Gasteiger partial charge on any atom is -0.493 e. The molecule has 1 heterocycles. The van der Waals surface area contributed by atoms with Crippen molar-refractivity contribution in [3.8, 4) is 22.8 Å². The molecule has 0 radical (unpaired) electrons. The van der Waals surface area contributed by atoms with Crippen LogP contribution in [0, 0.1) is 6.92 Å². The van der Waals surface area contributed by atoms with Crippen LogP contribution < -0.4 is 14.8 Å². The van der Waals surface area contributed by atoms with Crippen molar-refractivity contribution in [3.63, 3.8) is 0 Å². The number of aryl methyl sites for hydroxylation is 1. The average molecular weight is 287 g/mol. The molecule has 112 valence electrons. The third kappa shape index (κ3) is 3.62. The molecule has 0 unspecified atom stereocenters. The standard InChI is InChI=1S/C16H21N3O2/c1-5-8-17-16-10-13(18-11(2)19-16)12-6-7-14(20-3)15(9-12)21-4/h6-7,9-10H,5,8H2,1-4H3,(H,17,18,19). The summed E-state index contributed by atoms with van der Waals surface area (Å²) in [4.78, 5) is 8.89. The van der Waals surface area contributed by atoms with Crippen molar-refractivity contribution >= 4 is 5.82 Å². The molecule has 0 amide bonds. The smallest absolute Gasteiger partial charge is 0.161 e. The maximum Gasteiger partial charge on any atom is 0.161 e. The minimum atomic E-state index is 0.689. The summed E-state index contributed by atoms with van der Waals surface area (Å²) in [6.07, 6.45) is 1.05. The molecule has 21 heavy (non-hydrogen) atoms. The van der Waals surface area contributed by atoms with E-state index in [1.165, 1.54) is 0 Å². The summed E-state index contributed by atoms with van der Waals surface area (Å²) in [6, 6.07) is 7.71. The van der Waals surface area contributed by atoms with Gasteiger partial charge in [-0.2, -0.15) is 0 Å². The van der Waals surface area contributed by atoms with Gasteiger partial charge in [0.15, 0.2) is 11.5 Å². The van der Waals surface area contributed by atoms with Gasteiger partial charge in [0.2, 0.25) is 0 Å². The second-order valence-corrected chi connectivity index (χ2v) is 4.68. The molecule has 0 spiro atoms. The molecule has 2 rings (SSSR count). The van der Waals surface area contributed by atoms with Gasteiger partial charge < -0.3 is 14.8 Å². The van der Waals surface area contributed by atoms with Gasteiger partial charge in [-0.1, -0.05) is 6.92 Å². The molecule has 0 atom stereocenters. The Morgan fingerprint density at radius 3 is 2.48 bits per heavy atom. The van der Waals surface area contributed by atoms with E-state index in [-0.39, 0.29) is 0 Å². The Morgan fingerprint density at radius 1 is 1.05 bits per heavy atom. The van der Waals surface area contributed by atoms with Gasteiger partial charge in [-0.3, -0.25) is 0 Å². The SMILES string of the molecule is CCCNc1cc(-c2ccc(OC)c(OC)c2)nc(C)n1. The van der Waals surface area contributed by atoms with Gasteiger partial charge in [0.05, 0.1) is 19.9 Å². The van der Waals surface area contributed by atoms with Gasteiger partial charge in [-0.25, -0.2) is 9.97 Å². The van der Waals surface area contributed by atoms with Gasteiger partial charge in [0, 0.05) is 18.2 Å². The lowest BCUT2D eigenvalue weighted by atomic mass is 10.1.